The molecular weight excluding hydrogens is 276 g/mol. The van der Waals surface area contributed by atoms with Crippen LogP contribution in [0.2, 0.25) is 0 Å². The van der Waals surface area contributed by atoms with Gasteiger partial charge in [0.2, 0.25) is 0 Å². The van der Waals surface area contributed by atoms with Gasteiger partial charge in [-0.15, -0.1) is 11.3 Å². The third kappa shape index (κ3) is 9.08. The molecule has 0 amide bonds. The Bertz CT molecular complexity index is 356. The highest BCUT2D eigenvalue weighted by atomic mass is 32.1. The summed E-state index contributed by atoms with van der Waals surface area (Å²) in [6.45, 7) is 2.28. The van der Waals surface area contributed by atoms with E-state index in [9.17, 15) is 4.79 Å². The second kappa shape index (κ2) is 13.1. The lowest BCUT2D eigenvalue weighted by molar-refractivity contribution is 0.112. The van der Waals surface area contributed by atoms with Crippen LogP contribution in [0, 0.1) is 0 Å². The van der Waals surface area contributed by atoms with Gasteiger partial charge in [0, 0.05) is 0 Å². The van der Waals surface area contributed by atoms with Crippen LogP contribution in [0.3, 0.4) is 0 Å². The summed E-state index contributed by atoms with van der Waals surface area (Å²) in [7, 11) is 0. The number of hydrogen-bond donors (Lipinski definition) is 0. The van der Waals surface area contributed by atoms with Crippen molar-refractivity contribution in [3.05, 3.63) is 21.9 Å². The maximum Gasteiger partial charge on any atom is 0.160 e. The molecule has 0 N–H and O–H groups in total. The van der Waals surface area contributed by atoms with Crippen LogP contribution in [-0.2, 0) is 6.42 Å². The summed E-state index contributed by atoms with van der Waals surface area (Å²) in [6.07, 6.45) is 18.7. The molecule has 120 valence electrons. The Morgan fingerprint density at radius 1 is 0.857 bits per heavy atom. The molecule has 1 rings (SSSR count). The smallest absolute Gasteiger partial charge is 0.160 e. The first-order valence-corrected chi connectivity index (χ1v) is 9.78. The zero-order valence-corrected chi connectivity index (χ0v) is 14.6. The summed E-state index contributed by atoms with van der Waals surface area (Å²) in [5.74, 6) is 0. The number of carbonyl (C=O) groups is 1. The van der Waals surface area contributed by atoms with E-state index in [2.05, 4.69) is 13.0 Å². The molecule has 0 spiro atoms. The largest absolute Gasteiger partial charge is 0.297 e. The molecule has 0 saturated heterocycles. The Balaban J connectivity index is 1.84. The van der Waals surface area contributed by atoms with Crippen molar-refractivity contribution < 1.29 is 4.79 Å². The number of rotatable bonds is 14. The molecule has 2 heteroatoms. The quantitative estimate of drug-likeness (QED) is 0.273. The highest BCUT2D eigenvalue weighted by Crippen LogP contribution is 2.18. The van der Waals surface area contributed by atoms with Gasteiger partial charge in [-0.2, -0.15) is 0 Å². The van der Waals surface area contributed by atoms with Gasteiger partial charge in [0.15, 0.2) is 6.29 Å². The molecule has 0 aromatic carbocycles. The fraction of sp³-hybridized carbons (Fsp3) is 0.737. The first-order chi connectivity index (χ1) is 10.4. The predicted molar refractivity (Wildman–Crippen MR) is 94.5 cm³/mol. The SMILES string of the molecule is CCCCCCCCCCCCCCc1ccsc1C=O. The lowest BCUT2D eigenvalue weighted by Gasteiger charge is -2.03. The first-order valence-electron chi connectivity index (χ1n) is 8.90. The monoisotopic (exact) mass is 308 g/mol. The summed E-state index contributed by atoms with van der Waals surface area (Å²) in [6, 6.07) is 2.10. The third-order valence-electron chi connectivity index (χ3n) is 4.19. The van der Waals surface area contributed by atoms with Crippen LogP contribution < -0.4 is 0 Å². The topological polar surface area (TPSA) is 17.1 Å². The predicted octanol–water partition coefficient (Wildman–Crippen LogP) is 6.80. The van der Waals surface area contributed by atoms with Gasteiger partial charge in [-0.25, -0.2) is 0 Å². The number of hydrogen-bond acceptors (Lipinski definition) is 2. The molecule has 1 heterocycles. The van der Waals surface area contributed by atoms with Crippen LogP contribution in [0.4, 0.5) is 0 Å². The first kappa shape index (κ1) is 18.4. The van der Waals surface area contributed by atoms with E-state index in [0.717, 1.165) is 17.6 Å². The Morgan fingerprint density at radius 2 is 1.38 bits per heavy atom. The molecule has 0 bridgehead atoms. The summed E-state index contributed by atoms with van der Waals surface area (Å²) in [5, 5.41) is 2.03. The molecule has 0 fully saturated rings. The maximum absolute atomic E-state index is 10.8. The maximum atomic E-state index is 10.8. The number of aryl methyl sites for hydroxylation is 1. The lowest BCUT2D eigenvalue weighted by Crippen LogP contribution is -1.88. The average molecular weight is 309 g/mol. The summed E-state index contributed by atoms with van der Waals surface area (Å²) < 4.78 is 0. The number of aldehydes is 1. The van der Waals surface area contributed by atoms with Gasteiger partial charge in [-0.05, 0) is 29.9 Å². The standard InChI is InChI=1S/C19H32OS/c1-2-3-4-5-6-7-8-9-10-11-12-13-14-18-15-16-21-19(18)17-20/h15-17H,2-14H2,1H3. The molecule has 0 saturated carbocycles. The minimum atomic E-state index is 0.929. The molecule has 1 aromatic heterocycles. The summed E-state index contributed by atoms with van der Waals surface area (Å²) in [4.78, 5) is 11.7. The van der Waals surface area contributed by atoms with Crippen LogP contribution in [0.15, 0.2) is 11.4 Å². The van der Waals surface area contributed by atoms with E-state index in [0.29, 0.717) is 0 Å². The van der Waals surface area contributed by atoms with E-state index in [-0.39, 0.29) is 0 Å². The molecule has 1 aromatic rings. The zero-order chi connectivity index (χ0) is 15.2. The van der Waals surface area contributed by atoms with Gasteiger partial charge < -0.3 is 0 Å². The molecule has 0 unspecified atom stereocenters. The van der Waals surface area contributed by atoms with Crippen molar-refractivity contribution in [2.75, 3.05) is 0 Å². The van der Waals surface area contributed by atoms with Crippen molar-refractivity contribution in [1.82, 2.24) is 0 Å². The molecule has 0 aliphatic carbocycles. The molecule has 0 aliphatic heterocycles. The van der Waals surface area contributed by atoms with E-state index in [1.807, 2.05) is 5.38 Å². The molecular formula is C19H32OS. The van der Waals surface area contributed by atoms with Gasteiger partial charge in [0.05, 0.1) is 4.88 Å². The van der Waals surface area contributed by atoms with Crippen molar-refractivity contribution in [1.29, 1.82) is 0 Å². The van der Waals surface area contributed by atoms with E-state index < -0.39 is 0 Å². The van der Waals surface area contributed by atoms with Crippen molar-refractivity contribution >= 4 is 17.6 Å². The summed E-state index contributed by atoms with van der Waals surface area (Å²) in [5.41, 5.74) is 1.25. The van der Waals surface area contributed by atoms with Crippen molar-refractivity contribution in [3.8, 4) is 0 Å². The Morgan fingerprint density at radius 3 is 1.90 bits per heavy atom. The minimum Gasteiger partial charge on any atom is -0.297 e. The van der Waals surface area contributed by atoms with Crippen LogP contribution in [-0.4, -0.2) is 6.29 Å². The Hall–Kier alpha value is -0.630. The number of thiophene rings is 1. The fourth-order valence-corrected chi connectivity index (χ4v) is 3.57. The van der Waals surface area contributed by atoms with Crippen LogP contribution >= 0.6 is 11.3 Å². The average Bonchev–Trinajstić information content (AvgIpc) is 2.96. The highest BCUT2D eigenvalue weighted by molar-refractivity contribution is 7.11. The lowest BCUT2D eigenvalue weighted by atomic mass is 10.0. The normalized spacial score (nSPS) is 10.9. The second-order valence-corrected chi connectivity index (χ2v) is 7.01. The van der Waals surface area contributed by atoms with Crippen molar-refractivity contribution in [3.63, 3.8) is 0 Å². The van der Waals surface area contributed by atoms with Gasteiger partial charge in [0.25, 0.3) is 0 Å². The van der Waals surface area contributed by atoms with E-state index >= 15 is 0 Å². The molecule has 0 radical (unpaired) electrons. The molecule has 1 nitrogen and oxygen atoms in total. The summed E-state index contributed by atoms with van der Waals surface area (Å²) >= 11 is 1.57. The number of unbranched alkanes of at least 4 members (excludes halogenated alkanes) is 11. The van der Waals surface area contributed by atoms with Crippen LogP contribution in [0.1, 0.15) is 99.2 Å². The second-order valence-electron chi connectivity index (χ2n) is 6.07. The van der Waals surface area contributed by atoms with Crippen molar-refractivity contribution in [2.24, 2.45) is 0 Å². The molecule has 21 heavy (non-hydrogen) atoms. The Labute approximate surface area is 135 Å². The van der Waals surface area contributed by atoms with Crippen molar-refractivity contribution in [2.45, 2.75) is 90.4 Å². The van der Waals surface area contributed by atoms with E-state index in [4.69, 9.17) is 0 Å². The van der Waals surface area contributed by atoms with Gasteiger partial charge in [-0.1, -0.05) is 77.6 Å². The van der Waals surface area contributed by atoms with Crippen LogP contribution in [0.5, 0.6) is 0 Å². The van der Waals surface area contributed by atoms with E-state index in [1.165, 1.54) is 82.6 Å². The van der Waals surface area contributed by atoms with Gasteiger partial charge in [-0.3, -0.25) is 4.79 Å². The highest BCUT2D eigenvalue weighted by Gasteiger charge is 2.02. The molecule has 0 atom stereocenters. The minimum absolute atomic E-state index is 0.929. The van der Waals surface area contributed by atoms with E-state index in [1.54, 1.807) is 11.3 Å². The van der Waals surface area contributed by atoms with Gasteiger partial charge in [0.1, 0.15) is 0 Å². The van der Waals surface area contributed by atoms with Gasteiger partial charge >= 0.3 is 0 Å². The number of carbonyl (C=O) groups excluding carboxylic acids is 1. The Kier molecular flexibility index (Phi) is 11.5. The molecule has 0 aliphatic rings. The van der Waals surface area contributed by atoms with Crippen LogP contribution in [0.25, 0.3) is 0 Å². The zero-order valence-electron chi connectivity index (χ0n) is 13.7. The third-order valence-corrected chi connectivity index (χ3v) is 5.07. The fourth-order valence-electron chi connectivity index (χ4n) is 2.81.